The molecule has 2 nitrogen and oxygen atoms in total. The maximum absolute atomic E-state index is 13.6. The molecule has 0 radical (unpaired) electrons. The van der Waals surface area contributed by atoms with E-state index in [9.17, 15) is 13.2 Å². The van der Waals surface area contributed by atoms with Crippen LogP contribution in [-0.2, 0) is 0 Å². The highest BCUT2D eigenvalue weighted by Gasteiger charge is 2.37. The van der Waals surface area contributed by atoms with E-state index in [4.69, 9.17) is 0 Å². The quantitative estimate of drug-likeness (QED) is 0.875. The normalized spacial score (nSPS) is 27.5. The average molecular weight is 256 g/mol. The Morgan fingerprint density at radius 2 is 1.78 bits per heavy atom. The first kappa shape index (κ1) is 11.8. The van der Waals surface area contributed by atoms with E-state index in [1.54, 1.807) is 0 Å². The van der Waals surface area contributed by atoms with Crippen molar-refractivity contribution in [3.63, 3.8) is 0 Å². The van der Waals surface area contributed by atoms with Crippen molar-refractivity contribution in [3.05, 3.63) is 29.6 Å². The first-order valence-electron chi connectivity index (χ1n) is 6.30. The molecule has 0 amide bonds. The van der Waals surface area contributed by atoms with E-state index < -0.39 is 17.5 Å². The average Bonchev–Trinajstić information content (AvgIpc) is 2.86. The molecule has 0 bridgehead atoms. The van der Waals surface area contributed by atoms with Crippen LogP contribution in [0.3, 0.4) is 0 Å². The maximum atomic E-state index is 13.6. The van der Waals surface area contributed by atoms with Crippen molar-refractivity contribution in [2.24, 2.45) is 0 Å². The Balaban J connectivity index is 1.81. The fourth-order valence-electron chi connectivity index (χ4n) is 3.12. The van der Waals surface area contributed by atoms with Gasteiger partial charge in [-0.05, 0) is 25.8 Å². The van der Waals surface area contributed by atoms with Crippen LogP contribution in [0.2, 0.25) is 0 Å². The van der Waals surface area contributed by atoms with E-state index in [-0.39, 0.29) is 11.7 Å². The van der Waals surface area contributed by atoms with Gasteiger partial charge < -0.3 is 5.32 Å². The molecule has 2 fully saturated rings. The van der Waals surface area contributed by atoms with Crippen molar-refractivity contribution in [1.82, 2.24) is 4.90 Å². The van der Waals surface area contributed by atoms with E-state index in [1.165, 1.54) is 0 Å². The van der Waals surface area contributed by atoms with Gasteiger partial charge in [-0.2, -0.15) is 0 Å². The van der Waals surface area contributed by atoms with Gasteiger partial charge in [0.25, 0.3) is 0 Å². The predicted octanol–water partition coefficient (Wildman–Crippen LogP) is 2.75. The van der Waals surface area contributed by atoms with Crippen molar-refractivity contribution in [2.45, 2.75) is 31.3 Å². The fourth-order valence-corrected chi connectivity index (χ4v) is 3.12. The summed E-state index contributed by atoms with van der Waals surface area (Å²) in [5.74, 6) is -2.60. The van der Waals surface area contributed by atoms with Gasteiger partial charge in [-0.3, -0.25) is 4.90 Å². The minimum atomic E-state index is -0.885. The summed E-state index contributed by atoms with van der Waals surface area (Å²) in [6, 6.07) is 1.84. The Kier molecular flexibility index (Phi) is 2.93. The van der Waals surface area contributed by atoms with Crippen LogP contribution in [0.15, 0.2) is 12.1 Å². The van der Waals surface area contributed by atoms with E-state index in [0.29, 0.717) is 18.2 Å². The van der Waals surface area contributed by atoms with Crippen LogP contribution in [0.5, 0.6) is 0 Å². The molecule has 0 aromatic heterocycles. The van der Waals surface area contributed by atoms with E-state index in [0.717, 1.165) is 32.4 Å². The lowest BCUT2D eigenvalue weighted by Crippen LogP contribution is -2.34. The number of halogens is 3. The minimum absolute atomic E-state index is 0.0574. The second-order valence-corrected chi connectivity index (χ2v) is 5.03. The molecule has 1 aromatic rings. The molecule has 2 unspecified atom stereocenters. The van der Waals surface area contributed by atoms with Gasteiger partial charge in [-0.25, -0.2) is 13.2 Å². The summed E-state index contributed by atoms with van der Waals surface area (Å²) >= 11 is 0. The summed E-state index contributed by atoms with van der Waals surface area (Å²) < 4.78 is 39.9. The predicted molar refractivity (Wildman–Crippen MR) is 62.9 cm³/mol. The Morgan fingerprint density at radius 3 is 2.50 bits per heavy atom. The number of hydrogen-bond acceptors (Lipinski definition) is 2. The van der Waals surface area contributed by atoms with Crippen molar-refractivity contribution in [1.29, 1.82) is 0 Å². The third-order valence-electron chi connectivity index (χ3n) is 3.94. The Labute approximate surface area is 104 Å². The largest absolute Gasteiger partial charge is 0.376 e. The lowest BCUT2D eigenvalue weighted by Gasteiger charge is -2.22. The molecule has 98 valence electrons. The third-order valence-corrected chi connectivity index (χ3v) is 3.94. The molecule has 0 saturated carbocycles. The second kappa shape index (κ2) is 4.46. The third kappa shape index (κ3) is 1.96. The van der Waals surface area contributed by atoms with Gasteiger partial charge in [0.05, 0.1) is 0 Å². The monoisotopic (exact) mass is 256 g/mol. The van der Waals surface area contributed by atoms with Gasteiger partial charge in [0, 0.05) is 30.8 Å². The molecule has 1 N–H and O–H groups in total. The number of benzene rings is 1. The second-order valence-electron chi connectivity index (χ2n) is 5.03. The van der Waals surface area contributed by atoms with Gasteiger partial charge in [-0.15, -0.1) is 0 Å². The summed E-state index contributed by atoms with van der Waals surface area (Å²) in [5.41, 5.74) is -0.199. The first-order valence-corrected chi connectivity index (χ1v) is 6.30. The molecular formula is C13H15F3N2. The van der Waals surface area contributed by atoms with Crippen LogP contribution in [0.4, 0.5) is 18.9 Å². The molecule has 2 aliphatic heterocycles. The Morgan fingerprint density at radius 1 is 1.06 bits per heavy atom. The zero-order valence-corrected chi connectivity index (χ0v) is 9.93. The topological polar surface area (TPSA) is 15.3 Å². The van der Waals surface area contributed by atoms with Crippen molar-refractivity contribution in [2.75, 3.05) is 18.4 Å². The lowest BCUT2D eigenvalue weighted by atomic mass is 10.1. The van der Waals surface area contributed by atoms with Crippen LogP contribution >= 0.6 is 0 Å². The number of rotatable bonds is 2. The van der Waals surface area contributed by atoms with Gasteiger partial charge in [-0.1, -0.05) is 0 Å². The molecule has 2 saturated heterocycles. The van der Waals surface area contributed by atoms with Gasteiger partial charge in [0.2, 0.25) is 0 Å². The van der Waals surface area contributed by atoms with Crippen molar-refractivity contribution < 1.29 is 13.2 Å². The van der Waals surface area contributed by atoms with Crippen LogP contribution in [0, 0.1) is 17.5 Å². The van der Waals surface area contributed by atoms with Gasteiger partial charge >= 0.3 is 0 Å². The van der Waals surface area contributed by atoms with Crippen LogP contribution < -0.4 is 5.32 Å². The van der Waals surface area contributed by atoms with E-state index in [1.807, 2.05) is 0 Å². The van der Waals surface area contributed by atoms with Gasteiger partial charge in [0.15, 0.2) is 11.6 Å². The molecule has 2 heterocycles. The molecule has 2 atom stereocenters. The molecule has 0 spiro atoms. The summed E-state index contributed by atoms with van der Waals surface area (Å²) in [4.78, 5) is 2.34. The molecule has 18 heavy (non-hydrogen) atoms. The number of anilines is 1. The highest BCUT2D eigenvalue weighted by atomic mass is 19.1. The molecule has 3 rings (SSSR count). The molecule has 2 aliphatic rings. The van der Waals surface area contributed by atoms with Crippen molar-refractivity contribution >= 4 is 5.69 Å². The standard InChI is InChI=1S/C13H15F3N2/c14-8-6-9(15)13(10(16)7-8)17-11-3-5-18-4-1-2-12(11)18/h6-7,11-12,17H,1-5H2. The fraction of sp³-hybridized carbons (Fsp3) is 0.538. The zero-order valence-electron chi connectivity index (χ0n) is 9.93. The van der Waals surface area contributed by atoms with E-state index >= 15 is 0 Å². The van der Waals surface area contributed by atoms with E-state index in [2.05, 4.69) is 10.2 Å². The number of nitrogens with one attached hydrogen (secondary N) is 1. The molecule has 1 aromatic carbocycles. The van der Waals surface area contributed by atoms with Crippen molar-refractivity contribution in [3.8, 4) is 0 Å². The number of hydrogen-bond donors (Lipinski definition) is 1. The van der Waals surface area contributed by atoms with Crippen LogP contribution in [0.1, 0.15) is 19.3 Å². The molecule has 0 aliphatic carbocycles. The summed E-state index contributed by atoms with van der Waals surface area (Å²) in [6.07, 6.45) is 3.07. The highest BCUT2D eigenvalue weighted by Crippen LogP contribution is 2.31. The Bertz CT molecular complexity index is 441. The smallest absolute Gasteiger partial charge is 0.152 e. The summed E-state index contributed by atoms with van der Waals surface area (Å²) in [5, 5.41) is 2.92. The Hall–Kier alpha value is -1.23. The van der Waals surface area contributed by atoms with Crippen LogP contribution in [0.25, 0.3) is 0 Å². The number of nitrogens with zero attached hydrogens (tertiary/aromatic N) is 1. The number of fused-ring (bicyclic) bond motifs is 1. The minimum Gasteiger partial charge on any atom is -0.376 e. The summed E-state index contributed by atoms with van der Waals surface area (Å²) in [7, 11) is 0. The first-order chi connectivity index (χ1) is 8.65. The maximum Gasteiger partial charge on any atom is 0.152 e. The van der Waals surface area contributed by atoms with Gasteiger partial charge in [0.1, 0.15) is 11.5 Å². The lowest BCUT2D eigenvalue weighted by molar-refractivity contribution is 0.318. The SMILES string of the molecule is Fc1cc(F)c(NC2CCN3CCCC23)c(F)c1. The summed E-state index contributed by atoms with van der Waals surface area (Å²) in [6.45, 7) is 2.03. The molecular weight excluding hydrogens is 241 g/mol. The molecule has 5 heteroatoms. The van der Waals surface area contributed by atoms with Crippen LogP contribution in [-0.4, -0.2) is 30.1 Å². The zero-order chi connectivity index (χ0) is 12.7. The highest BCUT2D eigenvalue weighted by molar-refractivity contribution is 5.47.